The summed E-state index contributed by atoms with van der Waals surface area (Å²) in [7, 11) is 0. The molecular weight excluding hydrogens is 299 g/mol. The van der Waals surface area contributed by atoms with Gasteiger partial charge in [0.05, 0.1) is 5.56 Å². The molecule has 0 atom stereocenters. The molecule has 2 amide bonds. The van der Waals surface area contributed by atoms with Crippen molar-refractivity contribution < 1.29 is 19.1 Å². The first-order valence-corrected chi connectivity index (χ1v) is 7.16. The fraction of sp³-hybridized carbons (Fsp3) is 0.176. The van der Waals surface area contributed by atoms with Crippen LogP contribution in [0.1, 0.15) is 15.9 Å². The summed E-state index contributed by atoms with van der Waals surface area (Å²) < 4.78 is 13.7. The second-order valence-corrected chi connectivity index (χ2v) is 5.37. The summed E-state index contributed by atoms with van der Waals surface area (Å²) in [5.74, 6) is -1.41. The van der Waals surface area contributed by atoms with E-state index in [1.165, 1.54) is 28.0 Å². The lowest BCUT2D eigenvalue weighted by atomic mass is 10.2. The quantitative estimate of drug-likeness (QED) is 0.946. The molecule has 6 heteroatoms. The van der Waals surface area contributed by atoms with Crippen molar-refractivity contribution in [3.05, 3.63) is 59.4 Å². The summed E-state index contributed by atoms with van der Waals surface area (Å²) in [5, 5.41) is 9.05. The highest BCUT2D eigenvalue weighted by atomic mass is 19.1. The third-order valence-electron chi connectivity index (χ3n) is 3.88. The predicted octanol–water partition coefficient (Wildman–Crippen LogP) is 3.28. The fourth-order valence-corrected chi connectivity index (χ4v) is 2.57. The first-order valence-electron chi connectivity index (χ1n) is 7.16. The van der Waals surface area contributed by atoms with Crippen molar-refractivity contribution in [2.45, 2.75) is 6.92 Å². The molecule has 0 bridgehead atoms. The number of amides is 2. The monoisotopic (exact) mass is 314 g/mol. The molecule has 0 saturated carbocycles. The zero-order valence-electron chi connectivity index (χ0n) is 12.5. The Morgan fingerprint density at radius 2 is 1.74 bits per heavy atom. The minimum Gasteiger partial charge on any atom is -0.478 e. The largest absolute Gasteiger partial charge is 0.478 e. The zero-order valence-corrected chi connectivity index (χ0v) is 12.5. The van der Waals surface area contributed by atoms with Gasteiger partial charge in [0.25, 0.3) is 0 Å². The Bertz CT molecular complexity index is 791. The lowest BCUT2D eigenvalue weighted by Gasteiger charge is -2.19. The standard InChI is InChI=1S/C17H15FN2O3/c1-11-5-6-14(10-15(11)18)20-8-7-19(17(20)23)13-4-2-3-12(9-13)16(21)22/h2-6,9-10H,7-8H2,1H3,(H,21,22). The number of rotatable bonds is 3. The molecule has 3 rings (SSSR count). The Kier molecular flexibility index (Phi) is 3.73. The first-order chi connectivity index (χ1) is 11.0. The number of aromatic carboxylic acids is 1. The van der Waals surface area contributed by atoms with Crippen molar-refractivity contribution in [2.75, 3.05) is 22.9 Å². The van der Waals surface area contributed by atoms with E-state index in [4.69, 9.17) is 5.11 Å². The van der Waals surface area contributed by atoms with Crippen molar-refractivity contribution >= 4 is 23.4 Å². The van der Waals surface area contributed by atoms with Crippen LogP contribution in [0.25, 0.3) is 0 Å². The van der Waals surface area contributed by atoms with Crippen LogP contribution in [0, 0.1) is 12.7 Å². The van der Waals surface area contributed by atoms with Crippen molar-refractivity contribution in [1.82, 2.24) is 0 Å². The van der Waals surface area contributed by atoms with E-state index in [-0.39, 0.29) is 17.4 Å². The predicted molar refractivity (Wildman–Crippen MR) is 84.6 cm³/mol. The molecule has 0 aromatic heterocycles. The smallest absolute Gasteiger partial charge is 0.335 e. The molecule has 1 fully saturated rings. The van der Waals surface area contributed by atoms with Crippen molar-refractivity contribution in [1.29, 1.82) is 0 Å². The third-order valence-corrected chi connectivity index (χ3v) is 3.88. The van der Waals surface area contributed by atoms with Crippen LogP contribution >= 0.6 is 0 Å². The van der Waals surface area contributed by atoms with Gasteiger partial charge in [-0.3, -0.25) is 9.80 Å². The molecule has 1 N–H and O–H groups in total. The summed E-state index contributed by atoms with van der Waals surface area (Å²) in [4.78, 5) is 26.6. The molecule has 2 aromatic carbocycles. The van der Waals surface area contributed by atoms with Crippen LogP contribution < -0.4 is 9.80 Å². The van der Waals surface area contributed by atoms with E-state index in [2.05, 4.69) is 0 Å². The van der Waals surface area contributed by atoms with Crippen molar-refractivity contribution in [3.8, 4) is 0 Å². The first kappa shape index (κ1) is 15.0. The number of benzene rings is 2. The molecular formula is C17H15FN2O3. The van der Waals surface area contributed by atoms with Gasteiger partial charge in [0.2, 0.25) is 0 Å². The third kappa shape index (κ3) is 2.75. The average Bonchev–Trinajstić information content (AvgIpc) is 2.92. The van der Waals surface area contributed by atoms with Crippen LogP contribution in [0.15, 0.2) is 42.5 Å². The number of aryl methyl sites for hydroxylation is 1. The number of urea groups is 1. The van der Waals surface area contributed by atoms with Gasteiger partial charge in [0.1, 0.15) is 5.82 Å². The number of halogens is 1. The maximum Gasteiger partial charge on any atom is 0.335 e. The van der Waals surface area contributed by atoms with Gasteiger partial charge in [-0.15, -0.1) is 0 Å². The van der Waals surface area contributed by atoms with Crippen molar-refractivity contribution in [2.24, 2.45) is 0 Å². The maximum absolute atomic E-state index is 13.7. The summed E-state index contributed by atoms with van der Waals surface area (Å²) in [6, 6.07) is 10.6. The second-order valence-electron chi connectivity index (χ2n) is 5.37. The lowest BCUT2D eigenvalue weighted by molar-refractivity contribution is 0.0697. The van der Waals surface area contributed by atoms with Gasteiger partial charge in [0, 0.05) is 24.5 Å². The van der Waals surface area contributed by atoms with Gasteiger partial charge in [-0.1, -0.05) is 12.1 Å². The minimum atomic E-state index is -1.05. The number of carbonyl (C=O) groups excluding carboxylic acids is 1. The van der Waals surface area contributed by atoms with Gasteiger partial charge in [-0.05, 0) is 42.8 Å². The number of carboxylic acids is 1. The lowest BCUT2D eigenvalue weighted by Crippen LogP contribution is -2.31. The number of hydrogen-bond acceptors (Lipinski definition) is 2. The Hall–Kier alpha value is -2.89. The highest BCUT2D eigenvalue weighted by Crippen LogP contribution is 2.26. The summed E-state index contributed by atoms with van der Waals surface area (Å²) in [5.41, 5.74) is 1.65. The molecule has 1 saturated heterocycles. The van der Waals surface area contributed by atoms with Crippen LogP contribution in [-0.2, 0) is 0 Å². The van der Waals surface area contributed by atoms with Gasteiger partial charge in [0.15, 0.2) is 0 Å². The minimum absolute atomic E-state index is 0.120. The van der Waals surface area contributed by atoms with E-state index >= 15 is 0 Å². The second kappa shape index (κ2) is 5.72. The van der Waals surface area contributed by atoms with Crippen LogP contribution in [0.2, 0.25) is 0 Å². The number of anilines is 2. The zero-order chi connectivity index (χ0) is 16.6. The Morgan fingerprint density at radius 3 is 2.35 bits per heavy atom. The highest BCUT2D eigenvalue weighted by Gasteiger charge is 2.31. The molecule has 1 aliphatic rings. The highest BCUT2D eigenvalue weighted by molar-refractivity contribution is 6.06. The van der Waals surface area contributed by atoms with Gasteiger partial charge < -0.3 is 5.11 Å². The number of nitrogens with zero attached hydrogens (tertiary/aromatic N) is 2. The van der Waals surface area contributed by atoms with Crippen molar-refractivity contribution in [3.63, 3.8) is 0 Å². The van der Waals surface area contributed by atoms with Crippen LogP contribution in [0.5, 0.6) is 0 Å². The van der Waals surface area contributed by atoms with Crippen LogP contribution in [0.4, 0.5) is 20.6 Å². The number of hydrogen-bond donors (Lipinski definition) is 1. The molecule has 0 spiro atoms. The average molecular weight is 314 g/mol. The molecule has 1 heterocycles. The molecule has 118 valence electrons. The number of carbonyl (C=O) groups is 2. The van der Waals surface area contributed by atoms with E-state index < -0.39 is 5.97 Å². The summed E-state index contributed by atoms with van der Waals surface area (Å²) in [6.07, 6.45) is 0. The molecule has 2 aromatic rings. The molecule has 0 radical (unpaired) electrons. The maximum atomic E-state index is 13.7. The summed E-state index contributed by atoms with van der Waals surface area (Å²) in [6.45, 7) is 2.49. The van der Waals surface area contributed by atoms with E-state index in [1.807, 2.05) is 0 Å². The summed E-state index contributed by atoms with van der Waals surface area (Å²) >= 11 is 0. The molecule has 1 aliphatic heterocycles. The Balaban J connectivity index is 1.88. The van der Waals surface area contributed by atoms with E-state index in [1.54, 1.807) is 31.2 Å². The van der Waals surface area contributed by atoms with E-state index in [0.29, 0.717) is 30.0 Å². The Labute approximate surface area is 132 Å². The molecule has 0 aliphatic carbocycles. The van der Waals surface area contributed by atoms with Crippen LogP contribution in [0.3, 0.4) is 0 Å². The normalized spacial score (nSPS) is 14.4. The molecule has 23 heavy (non-hydrogen) atoms. The van der Waals surface area contributed by atoms with E-state index in [9.17, 15) is 14.0 Å². The molecule has 0 unspecified atom stereocenters. The van der Waals surface area contributed by atoms with Gasteiger partial charge in [-0.25, -0.2) is 14.0 Å². The van der Waals surface area contributed by atoms with Crippen LogP contribution in [-0.4, -0.2) is 30.2 Å². The fourth-order valence-electron chi connectivity index (χ4n) is 2.57. The topological polar surface area (TPSA) is 60.9 Å². The van der Waals surface area contributed by atoms with E-state index in [0.717, 1.165) is 0 Å². The SMILES string of the molecule is Cc1ccc(N2CCN(c3cccc(C(=O)O)c3)C2=O)cc1F. The molecule has 5 nitrogen and oxygen atoms in total. The number of carboxylic acid groups (broad SMARTS) is 1. The van der Waals surface area contributed by atoms with Gasteiger partial charge in [-0.2, -0.15) is 0 Å². The Morgan fingerprint density at radius 1 is 1.09 bits per heavy atom. The van der Waals surface area contributed by atoms with Gasteiger partial charge >= 0.3 is 12.0 Å².